The molecule has 1 N–H and O–H groups in total. The number of H-pyrrole nitrogens is 1. The number of aromatic amines is 1. The molecule has 0 radical (unpaired) electrons. The summed E-state index contributed by atoms with van der Waals surface area (Å²) in [5.41, 5.74) is 4.84. The minimum atomic E-state index is -0.719. The normalized spacial score (nSPS) is 14.4. The number of amides is 2. The van der Waals surface area contributed by atoms with Crippen LogP contribution in [0.25, 0.3) is 28.0 Å². The molecule has 0 aliphatic carbocycles. The third-order valence-corrected chi connectivity index (χ3v) is 8.12. The maximum atomic E-state index is 14.8. The smallest absolute Gasteiger partial charge is 0.247 e. The second-order valence-electron chi connectivity index (χ2n) is 11.2. The van der Waals surface area contributed by atoms with Crippen molar-refractivity contribution in [2.24, 2.45) is 0 Å². The van der Waals surface area contributed by atoms with E-state index in [1.165, 1.54) is 0 Å². The van der Waals surface area contributed by atoms with Crippen LogP contribution in [0, 0.1) is 0 Å². The number of carbonyl (C=O) groups excluding carboxylic acids is 2. The zero-order valence-corrected chi connectivity index (χ0v) is 24.5. The second-order valence-corrected chi connectivity index (χ2v) is 11.2. The molecule has 1 aliphatic rings. The summed E-state index contributed by atoms with van der Waals surface area (Å²) < 4.78 is 1.95. The fourth-order valence-corrected chi connectivity index (χ4v) is 6.12. The molecule has 0 bridgehead atoms. The van der Waals surface area contributed by atoms with Gasteiger partial charge in [0.15, 0.2) is 11.6 Å². The van der Waals surface area contributed by atoms with Crippen molar-refractivity contribution in [3.63, 3.8) is 0 Å². The minimum absolute atomic E-state index is 0.119. The van der Waals surface area contributed by atoms with Gasteiger partial charge in [-0.2, -0.15) is 0 Å². The van der Waals surface area contributed by atoms with Crippen molar-refractivity contribution in [1.29, 1.82) is 0 Å². The SMILES string of the molecule is CC(C)N(C(=O)CN1C(=O)C(Cc2c[nH]c3ccccc23)c2nnc(-c3ccccc3)n2-c2ccncc21)c1ccccc1. The van der Waals surface area contributed by atoms with Gasteiger partial charge in [0.25, 0.3) is 0 Å². The predicted molar refractivity (Wildman–Crippen MR) is 171 cm³/mol. The number of nitrogens with zero attached hydrogens (tertiary/aromatic N) is 6. The molecule has 0 saturated carbocycles. The lowest BCUT2D eigenvalue weighted by Crippen LogP contribution is -2.47. The Morgan fingerprint density at radius 2 is 1.64 bits per heavy atom. The Hall–Kier alpha value is -5.57. The average molecular weight is 582 g/mol. The number of rotatable bonds is 7. The van der Waals surface area contributed by atoms with Crippen LogP contribution in [-0.4, -0.2) is 49.1 Å². The summed E-state index contributed by atoms with van der Waals surface area (Å²) in [5.74, 6) is -0.0125. The highest BCUT2D eigenvalue weighted by molar-refractivity contribution is 6.07. The highest BCUT2D eigenvalue weighted by Gasteiger charge is 2.39. The van der Waals surface area contributed by atoms with Gasteiger partial charge in [-0.05, 0) is 50.1 Å². The van der Waals surface area contributed by atoms with Crippen molar-refractivity contribution in [3.8, 4) is 17.1 Å². The standard InChI is InChI=1S/C35H31N7O2/c1-23(2)41(26-13-7-4-8-14-26)32(43)22-40-31-21-36-18-17-30(31)42-33(24-11-5-3-6-12-24)38-39-34(42)28(35(40)44)19-25-20-37-29-16-10-9-15-27(25)29/h3-18,20-21,23,28,37H,19,22H2,1-2H3. The number of pyridine rings is 1. The summed E-state index contributed by atoms with van der Waals surface area (Å²) in [4.78, 5) is 39.9. The molecule has 1 unspecified atom stereocenters. The summed E-state index contributed by atoms with van der Waals surface area (Å²) in [7, 11) is 0. The van der Waals surface area contributed by atoms with E-state index in [-0.39, 0.29) is 24.4 Å². The molecule has 7 rings (SSSR count). The van der Waals surface area contributed by atoms with Gasteiger partial charge < -0.3 is 9.88 Å². The highest BCUT2D eigenvalue weighted by Crippen LogP contribution is 2.38. The number of para-hydroxylation sites is 2. The third kappa shape index (κ3) is 4.72. The van der Waals surface area contributed by atoms with E-state index in [0.29, 0.717) is 29.4 Å². The monoisotopic (exact) mass is 581 g/mol. The summed E-state index contributed by atoms with van der Waals surface area (Å²) in [6, 6.07) is 29.1. The van der Waals surface area contributed by atoms with Crippen LogP contribution in [0.1, 0.15) is 31.2 Å². The average Bonchev–Trinajstić information content (AvgIpc) is 3.65. The quantitative estimate of drug-likeness (QED) is 0.252. The molecule has 4 heterocycles. The lowest BCUT2D eigenvalue weighted by Gasteiger charge is -2.31. The van der Waals surface area contributed by atoms with Crippen LogP contribution in [-0.2, 0) is 16.0 Å². The van der Waals surface area contributed by atoms with Gasteiger partial charge in [0.2, 0.25) is 11.8 Å². The molecule has 9 heteroatoms. The van der Waals surface area contributed by atoms with Crippen molar-refractivity contribution >= 4 is 34.1 Å². The largest absolute Gasteiger partial charge is 0.361 e. The van der Waals surface area contributed by atoms with E-state index in [0.717, 1.165) is 27.7 Å². The predicted octanol–water partition coefficient (Wildman–Crippen LogP) is 5.93. The minimum Gasteiger partial charge on any atom is -0.361 e. The highest BCUT2D eigenvalue weighted by atomic mass is 16.2. The molecular formula is C35H31N7O2. The molecule has 9 nitrogen and oxygen atoms in total. The summed E-state index contributed by atoms with van der Waals surface area (Å²) in [6.07, 6.45) is 5.65. The molecule has 1 aliphatic heterocycles. The lowest BCUT2D eigenvalue weighted by atomic mass is 9.96. The number of hydrogen-bond donors (Lipinski definition) is 1. The summed E-state index contributed by atoms with van der Waals surface area (Å²) >= 11 is 0. The van der Waals surface area contributed by atoms with Crippen LogP contribution in [0.4, 0.5) is 11.4 Å². The molecule has 44 heavy (non-hydrogen) atoms. The van der Waals surface area contributed by atoms with Gasteiger partial charge in [0.05, 0.1) is 17.6 Å². The number of hydrogen-bond acceptors (Lipinski definition) is 5. The maximum Gasteiger partial charge on any atom is 0.247 e. The number of nitrogens with one attached hydrogen (secondary N) is 1. The Kier molecular flexibility index (Phi) is 6.98. The summed E-state index contributed by atoms with van der Waals surface area (Å²) in [6.45, 7) is 3.78. The second kappa shape index (κ2) is 11.3. The van der Waals surface area contributed by atoms with Gasteiger partial charge in [-0.3, -0.25) is 24.0 Å². The number of carbonyl (C=O) groups is 2. The Morgan fingerprint density at radius 1 is 0.909 bits per heavy atom. The maximum absolute atomic E-state index is 14.8. The molecule has 6 aromatic rings. The van der Waals surface area contributed by atoms with Gasteiger partial charge in [0.1, 0.15) is 12.5 Å². The van der Waals surface area contributed by atoms with Gasteiger partial charge in [-0.15, -0.1) is 10.2 Å². The fraction of sp³-hybridized carbons (Fsp3) is 0.171. The molecular weight excluding hydrogens is 550 g/mol. The van der Waals surface area contributed by atoms with Gasteiger partial charge in [0, 0.05) is 40.6 Å². The van der Waals surface area contributed by atoms with Crippen LogP contribution in [0.5, 0.6) is 0 Å². The van der Waals surface area contributed by atoms with Crippen molar-refractivity contribution in [2.75, 3.05) is 16.3 Å². The molecule has 0 spiro atoms. The van der Waals surface area contributed by atoms with E-state index in [4.69, 9.17) is 0 Å². The molecule has 2 amide bonds. The number of aromatic nitrogens is 5. The Bertz CT molecular complexity index is 1960. The van der Waals surface area contributed by atoms with E-state index in [9.17, 15) is 9.59 Å². The number of fused-ring (bicyclic) bond motifs is 4. The molecule has 0 fully saturated rings. The molecule has 1 atom stereocenters. The van der Waals surface area contributed by atoms with E-state index >= 15 is 0 Å². The first-order valence-electron chi connectivity index (χ1n) is 14.7. The first kappa shape index (κ1) is 27.3. The first-order valence-corrected chi connectivity index (χ1v) is 14.7. The van der Waals surface area contributed by atoms with Gasteiger partial charge in [-0.25, -0.2) is 0 Å². The van der Waals surface area contributed by atoms with Crippen LogP contribution < -0.4 is 9.80 Å². The van der Waals surface area contributed by atoms with Crippen LogP contribution >= 0.6 is 0 Å². The van der Waals surface area contributed by atoms with E-state index in [2.05, 4.69) is 20.2 Å². The fourth-order valence-electron chi connectivity index (χ4n) is 6.12. The first-order chi connectivity index (χ1) is 21.5. The number of anilines is 2. The van der Waals surface area contributed by atoms with E-state index < -0.39 is 5.92 Å². The molecule has 3 aromatic carbocycles. The summed E-state index contributed by atoms with van der Waals surface area (Å²) in [5, 5.41) is 10.3. The van der Waals surface area contributed by atoms with Crippen LogP contribution in [0.15, 0.2) is 110 Å². The van der Waals surface area contributed by atoms with E-state index in [1.807, 2.05) is 116 Å². The Balaban J connectivity index is 1.38. The molecule has 218 valence electrons. The van der Waals surface area contributed by atoms with E-state index in [1.54, 1.807) is 22.2 Å². The van der Waals surface area contributed by atoms with Crippen LogP contribution in [0.2, 0.25) is 0 Å². The van der Waals surface area contributed by atoms with Crippen molar-refractivity contribution in [1.82, 2.24) is 24.7 Å². The topological polar surface area (TPSA) is 100 Å². The van der Waals surface area contributed by atoms with Crippen molar-refractivity contribution < 1.29 is 9.59 Å². The van der Waals surface area contributed by atoms with Crippen molar-refractivity contribution in [2.45, 2.75) is 32.2 Å². The van der Waals surface area contributed by atoms with Crippen molar-refractivity contribution in [3.05, 3.63) is 121 Å². The Morgan fingerprint density at radius 3 is 2.41 bits per heavy atom. The Labute approximate surface area is 254 Å². The molecule has 0 saturated heterocycles. The van der Waals surface area contributed by atoms with Gasteiger partial charge in [-0.1, -0.05) is 66.7 Å². The lowest BCUT2D eigenvalue weighted by molar-refractivity contribution is -0.123. The van der Waals surface area contributed by atoms with Gasteiger partial charge >= 0.3 is 0 Å². The zero-order chi connectivity index (χ0) is 30.2. The van der Waals surface area contributed by atoms with Crippen LogP contribution in [0.3, 0.4) is 0 Å². The molecule has 3 aromatic heterocycles. The third-order valence-electron chi connectivity index (χ3n) is 8.12. The number of benzene rings is 3. The zero-order valence-electron chi connectivity index (χ0n) is 24.5.